The smallest absolute Gasteiger partial charge is 0.480 e. The van der Waals surface area contributed by atoms with E-state index < -0.39 is 18.4 Å². The summed E-state index contributed by atoms with van der Waals surface area (Å²) in [6.45, 7) is 4.10. The molecule has 0 bridgehead atoms. The molecule has 0 amide bonds. The van der Waals surface area contributed by atoms with Gasteiger partial charge in [0.2, 0.25) is 0 Å². The van der Waals surface area contributed by atoms with Crippen LogP contribution in [-0.4, -0.2) is 23.5 Å². The van der Waals surface area contributed by atoms with Gasteiger partial charge in [0.1, 0.15) is 11.8 Å². The lowest BCUT2D eigenvalue weighted by Crippen LogP contribution is -2.37. The minimum absolute atomic E-state index is 0.223. The molecule has 0 aliphatic rings. The number of carboxylic acid groups (broad SMARTS) is 1. The van der Waals surface area contributed by atoms with Gasteiger partial charge < -0.3 is 15.2 Å². The molecular weight excluding hydrogens is 287 g/mol. The summed E-state index contributed by atoms with van der Waals surface area (Å²) in [5, 5.41) is 11.9. The zero-order valence-corrected chi connectivity index (χ0v) is 11.8. The van der Waals surface area contributed by atoms with Crippen LogP contribution in [0.5, 0.6) is 5.75 Å². The average molecular weight is 305 g/mol. The predicted molar refractivity (Wildman–Crippen MR) is 70.8 cm³/mol. The summed E-state index contributed by atoms with van der Waals surface area (Å²) in [5.74, 6) is -1.02. The summed E-state index contributed by atoms with van der Waals surface area (Å²) in [7, 11) is 0. The van der Waals surface area contributed by atoms with E-state index >= 15 is 0 Å². The van der Waals surface area contributed by atoms with Crippen molar-refractivity contribution in [3.05, 3.63) is 29.8 Å². The zero-order valence-electron chi connectivity index (χ0n) is 11.8. The van der Waals surface area contributed by atoms with Crippen molar-refractivity contribution >= 4 is 5.97 Å². The van der Waals surface area contributed by atoms with Crippen molar-refractivity contribution in [1.29, 1.82) is 0 Å². The van der Waals surface area contributed by atoms with Crippen molar-refractivity contribution in [3.63, 3.8) is 0 Å². The zero-order chi connectivity index (χ0) is 16.0. The number of nitrogens with one attached hydrogen (secondary N) is 1. The number of carbonyl (C=O) groups is 1. The third-order valence-electron chi connectivity index (χ3n) is 2.71. The van der Waals surface area contributed by atoms with E-state index in [0.29, 0.717) is 12.0 Å². The summed E-state index contributed by atoms with van der Waals surface area (Å²) in [5.41, 5.74) is 0.680. The van der Waals surface area contributed by atoms with Gasteiger partial charge in [-0.25, -0.2) is 0 Å². The maximum Gasteiger partial charge on any atom is 0.573 e. The highest BCUT2D eigenvalue weighted by Crippen LogP contribution is 2.22. The van der Waals surface area contributed by atoms with Crippen LogP contribution >= 0.6 is 0 Å². The van der Waals surface area contributed by atoms with Gasteiger partial charge in [-0.05, 0) is 30.0 Å². The van der Waals surface area contributed by atoms with Gasteiger partial charge in [0.05, 0.1) is 0 Å². The minimum Gasteiger partial charge on any atom is -0.480 e. The molecule has 0 spiro atoms. The van der Waals surface area contributed by atoms with E-state index in [1.54, 1.807) is 0 Å². The van der Waals surface area contributed by atoms with E-state index in [1.165, 1.54) is 24.3 Å². The molecule has 0 fully saturated rings. The molecule has 1 aromatic rings. The van der Waals surface area contributed by atoms with Gasteiger partial charge >= 0.3 is 12.3 Å². The van der Waals surface area contributed by atoms with E-state index in [-0.39, 0.29) is 18.2 Å². The quantitative estimate of drug-likeness (QED) is 0.812. The molecular formula is C14H18F3NO3. The van der Waals surface area contributed by atoms with Crippen LogP contribution < -0.4 is 10.1 Å². The normalized spacial score (nSPS) is 13.2. The highest BCUT2D eigenvalue weighted by molar-refractivity contribution is 5.73. The molecule has 1 rings (SSSR count). The Morgan fingerprint density at radius 2 is 1.86 bits per heavy atom. The summed E-state index contributed by atoms with van der Waals surface area (Å²) < 4.78 is 39.8. The Hall–Kier alpha value is -1.76. The third-order valence-corrected chi connectivity index (χ3v) is 2.71. The number of ether oxygens (including phenoxy) is 1. The monoisotopic (exact) mass is 305 g/mol. The number of benzene rings is 1. The molecule has 0 aliphatic heterocycles. The number of carboxylic acids is 1. The molecule has 0 aliphatic carbocycles. The topological polar surface area (TPSA) is 58.6 Å². The highest BCUT2D eigenvalue weighted by Gasteiger charge is 2.30. The maximum absolute atomic E-state index is 12.0. The van der Waals surface area contributed by atoms with Crippen LogP contribution in [0.15, 0.2) is 24.3 Å². The molecule has 4 nitrogen and oxygen atoms in total. The molecule has 0 saturated carbocycles. The van der Waals surface area contributed by atoms with Crippen LogP contribution in [0.1, 0.15) is 25.8 Å². The summed E-state index contributed by atoms with van der Waals surface area (Å²) in [6.07, 6.45) is -4.24. The van der Waals surface area contributed by atoms with Gasteiger partial charge in [0.15, 0.2) is 0 Å². The van der Waals surface area contributed by atoms with Gasteiger partial charge in [-0.15, -0.1) is 13.2 Å². The maximum atomic E-state index is 12.0. The van der Waals surface area contributed by atoms with Crippen LogP contribution in [0.3, 0.4) is 0 Å². The van der Waals surface area contributed by atoms with E-state index in [2.05, 4.69) is 10.1 Å². The van der Waals surface area contributed by atoms with Crippen molar-refractivity contribution in [3.8, 4) is 5.75 Å². The molecule has 7 heteroatoms. The summed E-state index contributed by atoms with van der Waals surface area (Å²) >= 11 is 0. The molecule has 1 atom stereocenters. The second kappa shape index (κ2) is 7.31. The lowest BCUT2D eigenvalue weighted by atomic mass is 10.0. The first-order chi connectivity index (χ1) is 9.67. The number of aliphatic carboxylic acids is 1. The molecule has 0 heterocycles. The van der Waals surface area contributed by atoms with Crippen molar-refractivity contribution in [2.75, 3.05) is 0 Å². The van der Waals surface area contributed by atoms with Crippen molar-refractivity contribution in [2.24, 2.45) is 5.92 Å². The number of halogens is 3. The van der Waals surface area contributed by atoms with Gasteiger partial charge in [-0.2, -0.15) is 0 Å². The standard InChI is InChI=1S/C14H18F3NO3/c1-9(2)7-12(13(19)20)18-8-10-3-5-11(6-4-10)21-14(15,16)17/h3-6,9,12,18H,7-8H2,1-2H3,(H,19,20). The SMILES string of the molecule is CC(C)CC(NCc1ccc(OC(F)(F)F)cc1)C(=O)O. The van der Waals surface area contributed by atoms with E-state index in [1.807, 2.05) is 13.8 Å². The Kier molecular flexibility index (Phi) is 6.02. The lowest BCUT2D eigenvalue weighted by molar-refractivity contribution is -0.274. The van der Waals surface area contributed by atoms with Crippen LogP contribution in [0.4, 0.5) is 13.2 Å². The van der Waals surface area contributed by atoms with E-state index in [0.717, 1.165) is 0 Å². The first kappa shape index (κ1) is 17.3. The van der Waals surface area contributed by atoms with E-state index in [9.17, 15) is 18.0 Å². The van der Waals surface area contributed by atoms with Gasteiger partial charge in [-0.3, -0.25) is 4.79 Å². The Balaban J connectivity index is 2.57. The number of alkyl halides is 3. The van der Waals surface area contributed by atoms with Crippen LogP contribution in [0.2, 0.25) is 0 Å². The third kappa shape index (κ3) is 6.99. The number of hydrogen-bond acceptors (Lipinski definition) is 3. The Morgan fingerprint density at radius 3 is 2.29 bits per heavy atom. The second-order valence-corrected chi connectivity index (χ2v) is 5.09. The average Bonchev–Trinajstić information content (AvgIpc) is 2.33. The fraction of sp³-hybridized carbons (Fsp3) is 0.500. The molecule has 21 heavy (non-hydrogen) atoms. The Labute approximate surface area is 120 Å². The van der Waals surface area contributed by atoms with Crippen LogP contribution in [0.25, 0.3) is 0 Å². The fourth-order valence-electron chi connectivity index (χ4n) is 1.79. The van der Waals surface area contributed by atoms with E-state index in [4.69, 9.17) is 5.11 Å². The Morgan fingerprint density at radius 1 is 1.29 bits per heavy atom. The molecule has 0 aromatic heterocycles. The number of rotatable bonds is 7. The fourth-order valence-corrected chi connectivity index (χ4v) is 1.79. The van der Waals surface area contributed by atoms with Gasteiger partial charge in [0, 0.05) is 6.54 Å². The first-order valence-corrected chi connectivity index (χ1v) is 6.48. The second-order valence-electron chi connectivity index (χ2n) is 5.09. The minimum atomic E-state index is -4.72. The van der Waals surface area contributed by atoms with Gasteiger partial charge in [-0.1, -0.05) is 26.0 Å². The largest absolute Gasteiger partial charge is 0.573 e. The molecule has 118 valence electrons. The molecule has 2 N–H and O–H groups in total. The lowest BCUT2D eigenvalue weighted by Gasteiger charge is -2.16. The number of hydrogen-bond donors (Lipinski definition) is 2. The van der Waals surface area contributed by atoms with Crippen molar-refractivity contribution < 1.29 is 27.8 Å². The predicted octanol–water partition coefficient (Wildman–Crippen LogP) is 3.17. The molecule has 1 unspecified atom stereocenters. The van der Waals surface area contributed by atoms with Crippen molar-refractivity contribution in [1.82, 2.24) is 5.32 Å². The Bertz CT molecular complexity index is 458. The van der Waals surface area contributed by atoms with Crippen molar-refractivity contribution in [2.45, 2.75) is 39.2 Å². The summed E-state index contributed by atoms with van der Waals surface area (Å²) in [6, 6.07) is 4.63. The summed E-state index contributed by atoms with van der Waals surface area (Å²) in [4.78, 5) is 11.1. The van der Waals surface area contributed by atoms with Crippen LogP contribution in [0, 0.1) is 5.92 Å². The van der Waals surface area contributed by atoms with Gasteiger partial charge in [0.25, 0.3) is 0 Å². The first-order valence-electron chi connectivity index (χ1n) is 6.48. The van der Waals surface area contributed by atoms with Crippen LogP contribution in [-0.2, 0) is 11.3 Å². The molecule has 1 aromatic carbocycles. The molecule has 0 radical (unpaired) electrons. The highest BCUT2D eigenvalue weighted by atomic mass is 19.4. The molecule has 0 saturated heterocycles.